The molecule has 4 N–H and O–H groups in total. The number of ether oxygens (including phenoxy) is 2. The molecule has 214 valence electrons. The molecular weight excluding hydrogens is 506 g/mol. The van der Waals surface area contributed by atoms with Crippen molar-refractivity contribution in [3.8, 4) is 0 Å². The molecule has 0 aromatic heterocycles. The van der Waals surface area contributed by atoms with Crippen molar-refractivity contribution in [3.63, 3.8) is 0 Å². The van der Waals surface area contributed by atoms with Gasteiger partial charge in [0.1, 0.15) is 0 Å². The molecule has 3 aromatic carbocycles. The maximum Gasteiger partial charge on any atom is 0.319 e. The summed E-state index contributed by atoms with van der Waals surface area (Å²) in [6.45, 7) is 7.08. The van der Waals surface area contributed by atoms with Gasteiger partial charge in [0.25, 0.3) is 0 Å². The van der Waals surface area contributed by atoms with Crippen LogP contribution in [0.2, 0.25) is 0 Å². The summed E-state index contributed by atoms with van der Waals surface area (Å²) in [7, 11) is 2.00. The van der Waals surface area contributed by atoms with E-state index in [2.05, 4.69) is 22.5 Å². The van der Waals surface area contributed by atoms with Gasteiger partial charge >= 0.3 is 6.03 Å². The Labute approximate surface area is 236 Å². The number of benzene rings is 3. The number of urea groups is 1. The molecule has 1 heterocycles. The van der Waals surface area contributed by atoms with E-state index >= 15 is 0 Å². The van der Waals surface area contributed by atoms with Crippen LogP contribution in [0, 0.1) is 5.92 Å². The summed E-state index contributed by atoms with van der Waals surface area (Å²) in [6, 6.07) is 24.5. The predicted octanol–water partition coefficient (Wildman–Crippen LogP) is 5.17. The van der Waals surface area contributed by atoms with Crippen molar-refractivity contribution in [2.45, 2.75) is 58.0 Å². The van der Waals surface area contributed by atoms with E-state index in [4.69, 9.17) is 9.47 Å². The number of rotatable bonds is 10. The zero-order chi connectivity index (χ0) is 28.6. The third kappa shape index (κ3) is 7.27. The summed E-state index contributed by atoms with van der Waals surface area (Å²) >= 11 is 0. The minimum absolute atomic E-state index is 0.00335. The van der Waals surface area contributed by atoms with Crippen molar-refractivity contribution in [1.82, 2.24) is 10.2 Å². The first-order valence-electron chi connectivity index (χ1n) is 13.9. The van der Waals surface area contributed by atoms with Gasteiger partial charge in [-0.3, -0.25) is 4.90 Å². The first-order chi connectivity index (χ1) is 19.3. The molecule has 1 aliphatic rings. The van der Waals surface area contributed by atoms with Gasteiger partial charge in [0.2, 0.25) is 0 Å². The quantitative estimate of drug-likeness (QED) is 0.279. The second kappa shape index (κ2) is 13.9. The molecule has 0 unspecified atom stereocenters. The first-order valence-corrected chi connectivity index (χ1v) is 13.9. The fourth-order valence-corrected chi connectivity index (χ4v) is 5.05. The topological polar surface area (TPSA) is 103 Å². The summed E-state index contributed by atoms with van der Waals surface area (Å²) in [6.07, 6.45) is -1.78. The number of aliphatic hydroxyl groups excluding tert-OH is 2. The lowest BCUT2D eigenvalue weighted by atomic mass is 9.89. The predicted molar refractivity (Wildman–Crippen MR) is 156 cm³/mol. The molecular formula is C32H41N3O5. The fraction of sp³-hybridized carbons (Fsp3) is 0.406. The maximum atomic E-state index is 12.1. The lowest BCUT2D eigenvalue weighted by Crippen LogP contribution is -2.46. The molecule has 4 rings (SSSR count). The summed E-state index contributed by atoms with van der Waals surface area (Å²) in [5.41, 5.74) is 4.15. The number of hydrogen-bond acceptors (Lipinski definition) is 6. The molecule has 8 nitrogen and oxygen atoms in total. The van der Waals surface area contributed by atoms with E-state index in [1.54, 1.807) is 0 Å². The number of aliphatic hydroxyl groups is 2. The van der Waals surface area contributed by atoms with E-state index in [1.807, 2.05) is 99.8 Å². The van der Waals surface area contributed by atoms with Crippen LogP contribution in [0.1, 0.15) is 61.5 Å². The van der Waals surface area contributed by atoms with E-state index in [1.165, 1.54) is 0 Å². The van der Waals surface area contributed by atoms with Crippen LogP contribution in [-0.4, -0.2) is 53.4 Å². The van der Waals surface area contributed by atoms with Crippen LogP contribution in [0.4, 0.5) is 10.5 Å². The molecule has 8 heteroatoms. The molecule has 0 aliphatic carbocycles. The monoisotopic (exact) mass is 547 g/mol. The molecule has 0 spiro atoms. The lowest BCUT2D eigenvalue weighted by Gasteiger charge is -2.43. The van der Waals surface area contributed by atoms with Crippen molar-refractivity contribution >= 4 is 11.7 Å². The van der Waals surface area contributed by atoms with Crippen molar-refractivity contribution in [2.75, 3.05) is 25.5 Å². The van der Waals surface area contributed by atoms with Gasteiger partial charge in [-0.2, -0.15) is 0 Å². The van der Waals surface area contributed by atoms with Gasteiger partial charge in [-0.25, -0.2) is 4.79 Å². The average Bonchev–Trinajstić information content (AvgIpc) is 2.98. The van der Waals surface area contributed by atoms with Crippen molar-refractivity contribution in [2.24, 2.45) is 5.92 Å². The maximum absolute atomic E-state index is 12.1. The summed E-state index contributed by atoms with van der Waals surface area (Å²) in [5.74, 6) is -0.00335. The van der Waals surface area contributed by atoms with E-state index < -0.39 is 12.4 Å². The Kier molecular flexibility index (Phi) is 10.3. The zero-order valence-electron chi connectivity index (χ0n) is 23.7. The number of amides is 2. The Hall–Kier alpha value is -3.27. The Morgan fingerprint density at radius 3 is 2.40 bits per heavy atom. The van der Waals surface area contributed by atoms with E-state index in [0.717, 1.165) is 22.3 Å². The second-order valence-corrected chi connectivity index (χ2v) is 10.5. The number of anilines is 1. The van der Waals surface area contributed by atoms with Crippen LogP contribution < -0.4 is 10.6 Å². The standard InChI is InChI=1S/C32H41N3O5/c1-5-33-32(38)34-27-13-9-12-26(18-27)31-39-28(19-35(4)22(3)29(37)24-10-7-6-8-11-24)21(2)30(40-31)25-16-14-23(20-36)15-17-25/h6-18,21-22,28-31,36-37H,5,19-20H2,1-4H3,(H2,33,34,38)/t21-,22-,28+,29-,30+,31+/m0/s1. The van der Waals surface area contributed by atoms with E-state index in [-0.39, 0.29) is 36.8 Å². The summed E-state index contributed by atoms with van der Waals surface area (Å²) in [4.78, 5) is 14.2. The number of hydrogen-bond donors (Lipinski definition) is 4. The molecule has 0 radical (unpaired) electrons. The van der Waals surface area contributed by atoms with Gasteiger partial charge < -0.3 is 30.3 Å². The van der Waals surface area contributed by atoms with Gasteiger partial charge in [-0.05, 0) is 49.7 Å². The highest BCUT2D eigenvalue weighted by Crippen LogP contribution is 2.42. The van der Waals surface area contributed by atoms with Crippen molar-refractivity contribution in [3.05, 3.63) is 101 Å². The third-order valence-corrected chi connectivity index (χ3v) is 7.64. The number of nitrogens with one attached hydrogen (secondary N) is 2. The fourth-order valence-electron chi connectivity index (χ4n) is 5.05. The summed E-state index contributed by atoms with van der Waals surface area (Å²) in [5, 5.41) is 26.1. The minimum Gasteiger partial charge on any atom is -0.392 e. The highest BCUT2D eigenvalue weighted by molar-refractivity contribution is 5.89. The van der Waals surface area contributed by atoms with E-state index in [9.17, 15) is 15.0 Å². The molecule has 0 saturated carbocycles. The molecule has 3 aromatic rings. The molecule has 1 fully saturated rings. The van der Waals surface area contributed by atoms with Gasteiger partial charge in [0.05, 0.1) is 24.9 Å². The Morgan fingerprint density at radius 1 is 1.00 bits per heavy atom. The molecule has 0 bridgehead atoms. The minimum atomic E-state index is -0.664. The third-order valence-electron chi connectivity index (χ3n) is 7.64. The first kappa shape index (κ1) is 29.7. The SMILES string of the molecule is CCNC(=O)Nc1cccc([C@@H]2O[C@H](CN(C)[C@@H](C)[C@H](O)c3ccccc3)[C@H](C)[C@H](c3ccc(CO)cc3)O2)c1. The molecule has 6 atom stereocenters. The van der Waals surface area contributed by atoms with Gasteiger partial charge in [0, 0.05) is 36.3 Å². The molecule has 1 aliphatic heterocycles. The average molecular weight is 548 g/mol. The Bertz CT molecular complexity index is 1220. The highest BCUT2D eigenvalue weighted by atomic mass is 16.7. The Morgan fingerprint density at radius 2 is 1.73 bits per heavy atom. The molecule has 40 heavy (non-hydrogen) atoms. The number of carbonyl (C=O) groups is 1. The zero-order valence-corrected chi connectivity index (χ0v) is 23.7. The number of nitrogens with zero attached hydrogens (tertiary/aromatic N) is 1. The second-order valence-electron chi connectivity index (χ2n) is 10.5. The van der Waals surface area contributed by atoms with Crippen LogP contribution in [0.3, 0.4) is 0 Å². The highest BCUT2D eigenvalue weighted by Gasteiger charge is 2.39. The Balaban J connectivity index is 1.58. The van der Waals surface area contributed by atoms with Crippen molar-refractivity contribution < 1.29 is 24.5 Å². The largest absolute Gasteiger partial charge is 0.392 e. The van der Waals surface area contributed by atoms with E-state index in [0.29, 0.717) is 18.8 Å². The van der Waals surface area contributed by atoms with Crippen molar-refractivity contribution in [1.29, 1.82) is 0 Å². The smallest absolute Gasteiger partial charge is 0.319 e. The van der Waals surface area contributed by atoms with Crippen LogP contribution >= 0.6 is 0 Å². The number of carbonyl (C=O) groups excluding carboxylic acids is 1. The normalized spacial score (nSPS) is 22.5. The van der Waals surface area contributed by atoms with Crippen LogP contribution in [0.15, 0.2) is 78.9 Å². The van der Waals surface area contributed by atoms with Crippen LogP contribution in [0.25, 0.3) is 0 Å². The summed E-state index contributed by atoms with van der Waals surface area (Å²) < 4.78 is 13.1. The van der Waals surface area contributed by atoms with Gasteiger partial charge in [-0.15, -0.1) is 0 Å². The molecule has 2 amide bonds. The van der Waals surface area contributed by atoms with Crippen LogP contribution in [0.5, 0.6) is 0 Å². The van der Waals surface area contributed by atoms with Gasteiger partial charge in [-0.1, -0.05) is 73.7 Å². The lowest BCUT2D eigenvalue weighted by molar-refractivity contribution is -0.276. The van der Waals surface area contributed by atoms with Gasteiger partial charge in [0.15, 0.2) is 6.29 Å². The molecule has 1 saturated heterocycles. The number of likely N-dealkylation sites (N-methyl/N-ethyl adjacent to an activating group) is 1. The van der Waals surface area contributed by atoms with Crippen LogP contribution in [-0.2, 0) is 16.1 Å².